The van der Waals surface area contributed by atoms with E-state index in [1.54, 1.807) is 0 Å². The molecule has 0 aliphatic heterocycles. The summed E-state index contributed by atoms with van der Waals surface area (Å²) in [5, 5.41) is 2.31. The molecule has 1 heterocycles. The van der Waals surface area contributed by atoms with E-state index < -0.39 is 0 Å². The van der Waals surface area contributed by atoms with E-state index in [-0.39, 0.29) is 6.04 Å². The predicted molar refractivity (Wildman–Crippen MR) is 88.2 cm³/mol. The van der Waals surface area contributed by atoms with Crippen LogP contribution in [0.15, 0.2) is 60.8 Å². The lowest BCUT2D eigenvalue weighted by Gasteiger charge is -2.14. The largest absolute Gasteiger partial charge is 0.319 e. The third-order valence-electron chi connectivity index (χ3n) is 3.88. The second kappa shape index (κ2) is 6.06. The van der Waals surface area contributed by atoms with Crippen LogP contribution in [0.1, 0.15) is 36.2 Å². The number of hydrogen-bond acceptors (Lipinski definition) is 2. The van der Waals surface area contributed by atoms with Crippen LogP contribution < -0.4 is 5.73 Å². The molecule has 1 aromatic heterocycles. The van der Waals surface area contributed by atoms with Crippen molar-refractivity contribution in [3.05, 3.63) is 77.6 Å². The van der Waals surface area contributed by atoms with Crippen LogP contribution in [0.2, 0.25) is 0 Å². The lowest BCUT2D eigenvalue weighted by molar-refractivity contribution is 0.837. The highest BCUT2D eigenvalue weighted by molar-refractivity contribution is 5.85. The molecule has 1 atom stereocenters. The van der Waals surface area contributed by atoms with Gasteiger partial charge in [0, 0.05) is 11.6 Å². The van der Waals surface area contributed by atoms with Crippen molar-refractivity contribution in [2.75, 3.05) is 0 Å². The Bertz CT molecular complexity index is 727. The minimum atomic E-state index is -0.188. The van der Waals surface area contributed by atoms with Gasteiger partial charge in [-0.2, -0.15) is 0 Å². The van der Waals surface area contributed by atoms with E-state index in [4.69, 9.17) is 5.73 Å². The van der Waals surface area contributed by atoms with Crippen LogP contribution >= 0.6 is 0 Å². The lowest BCUT2D eigenvalue weighted by Crippen LogP contribution is -2.14. The second-order valence-corrected chi connectivity index (χ2v) is 5.39. The fourth-order valence-corrected chi connectivity index (χ4v) is 2.73. The van der Waals surface area contributed by atoms with Crippen molar-refractivity contribution in [2.24, 2.45) is 5.73 Å². The van der Waals surface area contributed by atoms with Gasteiger partial charge in [-0.05, 0) is 29.0 Å². The topological polar surface area (TPSA) is 38.9 Å². The van der Waals surface area contributed by atoms with Crippen LogP contribution in [0, 0.1) is 0 Å². The van der Waals surface area contributed by atoms with Crippen LogP contribution in [-0.4, -0.2) is 4.98 Å². The smallest absolute Gasteiger partial charge is 0.0732 e. The molecule has 2 aromatic carbocycles. The Labute approximate surface area is 125 Å². The molecule has 3 aromatic rings. The maximum absolute atomic E-state index is 6.44. The quantitative estimate of drug-likeness (QED) is 0.774. The van der Waals surface area contributed by atoms with Crippen LogP contribution in [0.5, 0.6) is 0 Å². The minimum Gasteiger partial charge on any atom is -0.319 e. The van der Waals surface area contributed by atoms with Gasteiger partial charge >= 0.3 is 0 Å². The fourth-order valence-electron chi connectivity index (χ4n) is 2.73. The molecule has 2 N–H and O–H groups in total. The molecular weight excluding hydrogens is 256 g/mol. The summed E-state index contributed by atoms with van der Waals surface area (Å²) in [6, 6.07) is 18.7. The third-order valence-corrected chi connectivity index (χ3v) is 3.88. The summed E-state index contributed by atoms with van der Waals surface area (Å²) >= 11 is 0. The average Bonchev–Trinajstić information content (AvgIpc) is 2.55. The lowest BCUT2D eigenvalue weighted by atomic mass is 9.98. The van der Waals surface area contributed by atoms with Crippen molar-refractivity contribution in [1.82, 2.24) is 4.98 Å². The maximum atomic E-state index is 6.44. The number of fused-ring (bicyclic) bond motifs is 1. The first-order valence-electron chi connectivity index (χ1n) is 7.47. The van der Waals surface area contributed by atoms with E-state index in [1.165, 1.54) is 10.9 Å². The molecule has 0 aliphatic rings. The van der Waals surface area contributed by atoms with E-state index in [0.717, 1.165) is 29.5 Å². The van der Waals surface area contributed by atoms with Gasteiger partial charge in [-0.1, -0.05) is 61.9 Å². The summed E-state index contributed by atoms with van der Waals surface area (Å²) in [5.74, 6) is 0. The van der Waals surface area contributed by atoms with Crippen LogP contribution in [0.25, 0.3) is 10.8 Å². The average molecular weight is 276 g/mol. The molecule has 2 nitrogen and oxygen atoms in total. The third kappa shape index (κ3) is 2.81. The van der Waals surface area contributed by atoms with Gasteiger partial charge in [0.1, 0.15) is 0 Å². The normalized spacial score (nSPS) is 12.5. The van der Waals surface area contributed by atoms with E-state index in [0.29, 0.717) is 0 Å². The number of rotatable bonds is 4. The Balaban J connectivity index is 1.98. The highest BCUT2D eigenvalue weighted by atomic mass is 14.8. The van der Waals surface area contributed by atoms with Crippen LogP contribution in [-0.2, 0) is 6.42 Å². The number of pyridine rings is 1. The summed E-state index contributed by atoms with van der Waals surface area (Å²) in [7, 11) is 0. The first-order valence-corrected chi connectivity index (χ1v) is 7.47. The number of nitrogens with two attached hydrogens (primary N) is 1. The van der Waals surface area contributed by atoms with Gasteiger partial charge in [0.05, 0.1) is 11.7 Å². The Hall–Kier alpha value is -2.19. The molecule has 3 rings (SSSR count). The van der Waals surface area contributed by atoms with Crippen molar-refractivity contribution >= 4 is 10.8 Å². The summed E-state index contributed by atoms with van der Waals surface area (Å²) in [6.07, 6.45) is 4.11. The molecular formula is C19H20N2. The standard InChI is InChI=1S/C19H20N2/c1-2-5-14-8-10-16(11-9-14)18(20)19-17-7-4-3-6-15(17)12-13-21-19/h3-4,6-13,18H,2,5,20H2,1H3. The van der Waals surface area contributed by atoms with E-state index >= 15 is 0 Å². The molecule has 0 saturated heterocycles. The first kappa shape index (κ1) is 13.8. The van der Waals surface area contributed by atoms with Crippen molar-refractivity contribution in [2.45, 2.75) is 25.8 Å². The van der Waals surface area contributed by atoms with Gasteiger partial charge in [-0.3, -0.25) is 4.98 Å². The van der Waals surface area contributed by atoms with Gasteiger partial charge in [-0.15, -0.1) is 0 Å². The van der Waals surface area contributed by atoms with Gasteiger partial charge in [0.25, 0.3) is 0 Å². The SMILES string of the molecule is CCCc1ccc(C(N)c2nccc3ccccc23)cc1. The molecule has 0 spiro atoms. The zero-order chi connectivity index (χ0) is 14.7. The number of hydrogen-bond donors (Lipinski definition) is 1. The Morgan fingerprint density at radius 3 is 2.52 bits per heavy atom. The van der Waals surface area contributed by atoms with Gasteiger partial charge in [-0.25, -0.2) is 0 Å². The number of benzene rings is 2. The summed E-state index contributed by atoms with van der Waals surface area (Å²) in [5.41, 5.74) is 9.86. The predicted octanol–water partition coefficient (Wildman–Crippen LogP) is 4.24. The molecule has 21 heavy (non-hydrogen) atoms. The van der Waals surface area contributed by atoms with E-state index in [9.17, 15) is 0 Å². The summed E-state index contributed by atoms with van der Waals surface area (Å²) in [6.45, 7) is 2.19. The molecule has 0 saturated carbocycles. The Morgan fingerprint density at radius 2 is 1.76 bits per heavy atom. The Morgan fingerprint density at radius 1 is 1.00 bits per heavy atom. The number of nitrogens with zero attached hydrogens (tertiary/aromatic N) is 1. The van der Waals surface area contributed by atoms with Crippen LogP contribution in [0.4, 0.5) is 0 Å². The molecule has 0 radical (unpaired) electrons. The highest BCUT2D eigenvalue weighted by Gasteiger charge is 2.13. The molecule has 0 amide bonds. The first-order chi connectivity index (χ1) is 10.3. The Kier molecular flexibility index (Phi) is 3.98. The molecule has 0 bridgehead atoms. The highest BCUT2D eigenvalue weighted by Crippen LogP contribution is 2.25. The van der Waals surface area contributed by atoms with Crippen molar-refractivity contribution in [3.8, 4) is 0 Å². The van der Waals surface area contributed by atoms with Gasteiger partial charge < -0.3 is 5.73 Å². The van der Waals surface area contributed by atoms with Crippen molar-refractivity contribution in [1.29, 1.82) is 0 Å². The summed E-state index contributed by atoms with van der Waals surface area (Å²) in [4.78, 5) is 4.52. The maximum Gasteiger partial charge on any atom is 0.0732 e. The molecule has 1 unspecified atom stereocenters. The van der Waals surface area contributed by atoms with Crippen molar-refractivity contribution < 1.29 is 0 Å². The van der Waals surface area contributed by atoms with Gasteiger partial charge in [0.15, 0.2) is 0 Å². The second-order valence-electron chi connectivity index (χ2n) is 5.39. The van der Waals surface area contributed by atoms with Crippen molar-refractivity contribution in [3.63, 3.8) is 0 Å². The van der Waals surface area contributed by atoms with E-state index in [2.05, 4.69) is 48.3 Å². The monoisotopic (exact) mass is 276 g/mol. The number of aryl methyl sites for hydroxylation is 1. The fraction of sp³-hybridized carbons (Fsp3) is 0.211. The molecule has 0 aliphatic carbocycles. The molecule has 2 heteroatoms. The van der Waals surface area contributed by atoms with Gasteiger partial charge in [0.2, 0.25) is 0 Å². The minimum absolute atomic E-state index is 0.188. The van der Waals surface area contributed by atoms with Crippen LogP contribution in [0.3, 0.4) is 0 Å². The zero-order valence-electron chi connectivity index (χ0n) is 12.3. The molecule has 106 valence electrons. The summed E-state index contributed by atoms with van der Waals surface area (Å²) < 4.78 is 0. The number of aromatic nitrogens is 1. The molecule has 0 fully saturated rings. The van der Waals surface area contributed by atoms with E-state index in [1.807, 2.05) is 24.4 Å². The zero-order valence-corrected chi connectivity index (χ0v) is 12.3.